The van der Waals surface area contributed by atoms with Crippen LogP contribution in [0.4, 0.5) is 0 Å². The number of hydrogen-bond donors (Lipinski definition) is 1. The van der Waals surface area contributed by atoms with E-state index in [2.05, 4.69) is 55.0 Å². The van der Waals surface area contributed by atoms with Gasteiger partial charge >= 0.3 is 0 Å². The highest BCUT2D eigenvalue weighted by Crippen LogP contribution is 2.34. The average molecular weight is 271 g/mol. The Hall–Kier alpha value is -1.35. The van der Waals surface area contributed by atoms with Crippen molar-refractivity contribution in [1.82, 2.24) is 14.9 Å². The molecule has 1 N–H and O–H groups in total. The van der Waals surface area contributed by atoms with Crippen molar-refractivity contribution in [2.45, 2.75) is 39.2 Å². The lowest BCUT2D eigenvalue weighted by Gasteiger charge is -2.21. The Labute approximate surface area is 121 Å². The monoisotopic (exact) mass is 271 g/mol. The lowest BCUT2D eigenvalue weighted by atomic mass is 9.92. The summed E-state index contributed by atoms with van der Waals surface area (Å²) in [4.78, 5) is 4.82. The third-order valence-electron chi connectivity index (χ3n) is 5.02. The zero-order valence-electron chi connectivity index (χ0n) is 12.8. The number of nitrogens with zero attached hydrogens (tertiary/aromatic N) is 2. The predicted octanol–water partition coefficient (Wildman–Crippen LogP) is 3.14. The maximum atomic E-state index is 4.82. The fraction of sp³-hybridized carbons (Fsp3) is 0.588. The van der Waals surface area contributed by atoms with Crippen LogP contribution in [0.3, 0.4) is 0 Å². The van der Waals surface area contributed by atoms with Gasteiger partial charge in [0.1, 0.15) is 5.82 Å². The molecular formula is C17H25N3. The van der Waals surface area contributed by atoms with Gasteiger partial charge in [-0.3, -0.25) is 0 Å². The van der Waals surface area contributed by atoms with Gasteiger partial charge in [-0.1, -0.05) is 26.0 Å². The van der Waals surface area contributed by atoms with Crippen molar-refractivity contribution in [3.8, 4) is 0 Å². The fourth-order valence-corrected chi connectivity index (χ4v) is 3.70. The van der Waals surface area contributed by atoms with E-state index < -0.39 is 0 Å². The van der Waals surface area contributed by atoms with Crippen molar-refractivity contribution in [3.63, 3.8) is 0 Å². The van der Waals surface area contributed by atoms with Gasteiger partial charge in [-0.2, -0.15) is 0 Å². The van der Waals surface area contributed by atoms with Gasteiger partial charge in [-0.05, 0) is 43.4 Å². The summed E-state index contributed by atoms with van der Waals surface area (Å²) in [5.41, 5.74) is 2.37. The van der Waals surface area contributed by atoms with Crippen LogP contribution in [0.25, 0.3) is 11.0 Å². The largest absolute Gasteiger partial charge is 0.331 e. The van der Waals surface area contributed by atoms with Crippen LogP contribution in [0.5, 0.6) is 0 Å². The molecule has 108 valence electrons. The SMILES string of the molecule is CCNC1CCC(Cc2nc3ccccc3n2C)C1C. The van der Waals surface area contributed by atoms with Gasteiger partial charge in [0.2, 0.25) is 0 Å². The summed E-state index contributed by atoms with van der Waals surface area (Å²) in [5.74, 6) is 2.74. The summed E-state index contributed by atoms with van der Waals surface area (Å²) >= 11 is 0. The van der Waals surface area contributed by atoms with Crippen molar-refractivity contribution < 1.29 is 0 Å². The first-order valence-electron chi connectivity index (χ1n) is 7.84. The molecule has 2 aromatic rings. The highest BCUT2D eigenvalue weighted by Gasteiger charge is 2.32. The molecule has 1 heterocycles. The second-order valence-electron chi connectivity index (χ2n) is 6.14. The molecule has 1 aromatic carbocycles. The lowest BCUT2D eigenvalue weighted by molar-refractivity contribution is 0.349. The van der Waals surface area contributed by atoms with E-state index in [4.69, 9.17) is 4.98 Å². The first kappa shape index (κ1) is 13.6. The summed E-state index contributed by atoms with van der Waals surface area (Å²) in [6.07, 6.45) is 3.74. The van der Waals surface area contributed by atoms with E-state index in [-0.39, 0.29) is 0 Å². The molecule has 1 fully saturated rings. The molecule has 3 nitrogen and oxygen atoms in total. The number of imidazole rings is 1. The number of hydrogen-bond acceptors (Lipinski definition) is 2. The number of rotatable bonds is 4. The zero-order chi connectivity index (χ0) is 14.1. The first-order chi connectivity index (χ1) is 9.70. The normalized spacial score (nSPS) is 26.4. The van der Waals surface area contributed by atoms with E-state index in [1.165, 1.54) is 24.2 Å². The van der Waals surface area contributed by atoms with E-state index >= 15 is 0 Å². The molecule has 3 atom stereocenters. The number of aromatic nitrogens is 2. The van der Waals surface area contributed by atoms with Crippen LogP contribution in [0, 0.1) is 11.8 Å². The van der Waals surface area contributed by atoms with Crippen LogP contribution >= 0.6 is 0 Å². The minimum absolute atomic E-state index is 0.694. The second-order valence-corrected chi connectivity index (χ2v) is 6.14. The first-order valence-corrected chi connectivity index (χ1v) is 7.84. The quantitative estimate of drug-likeness (QED) is 0.926. The molecule has 1 aliphatic carbocycles. The van der Waals surface area contributed by atoms with Gasteiger partial charge in [0, 0.05) is 19.5 Å². The summed E-state index contributed by atoms with van der Waals surface area (Å²) in [7, 11) is 2.14. The number of para-hydroxylation sites is 2. The van der Waals surface area contributed by atoms with Gasteiger partial charge in [0.15, 0.2) is 0 Å². The summed E-state index contributed by atoms with van der Waals surface area (Å²) in [6.45, 7) is 5.67. The molecule has 1 aromatic heterocycles. The van der Waals surface area contributed by atoms with Crippen LogP contribution < -0.4 is 5.32 Å². The molecule has 0 bridgehead atoms. The Morgan fingerprint density at radius 2 is 2.10 bits per heavy atom. The maximum absolute atomic E-state index is 4.82. The van der Waals surface area contributed by atoms with Crippen LogP contribution in [0.15, 0.2) is 24.3 Å². The summed E-state index contributed by atoms with van der Waals surface area (Å²) in [5, 5.41) is 3.62. The Morgan fingerprint density at radius 3 is 2.85 bits per heavy atom. The van der Waals surface area contributed by atoms with Crippen LogP contribution in [-0.2, 0) is 13.5 Å². The van der Waals surface area contributed by atoms with Crippen LogP contribution in [-0.4, -0.2) is 22.1 Å². The molecular weight excluding hydrogens is 246 g/mol. The lowest BCUT2D eigenvalue weighted by Crippen LogP contribution is -2.32. The van der Waals surface area contributed by atoms with E-state index in [9.17, 15) is 0 Å². The summed E-state index contributed by atoms with van der Waals surface area (Å²) in [6, 6.07) is 9.12. The minimum Gasteiger partial charge on any atom is -0.331 e. The molecule has 0 aliphatic heterocycles. The standard InChI is InChI=1S/C17H25N3/c1-4-18-14-10-9-13(12(14)2)11-17-19-15-7-5-6-8-16(15)20(17)3/h5-8,12-14,18H,4,9-11H2,1-3H3. The topological polar surface area (TPSA) is 29.9 Å². The molecule has 0 amide bonds. The van der Waals surface area contributed by atoms with Crippen molar-refractivity contribution in [2.24, 2.45) is 18.9 Å². The van der Waals surface area contributed by atoms with Gasteiger partial charge in [-0.25, -0.2) is 4.98 Å². The Morgan fingerprint density at radius 1 is 1.30 bits per heavy atom. The number of aryl methyl sites for hydroxylation is 1. The van der Waals surface area contributed by atoms with Crippen molar-refractivity contribution >= 4 is 11.0 Å². The van der Waals surface area contributed by atoms with Crippen molar-refractivity contribution in [3.05, 3.63) is 30.1 Å². The van der Waals surface area contributed by atoms with Gasteiger partial charge in [0.25, 0.3) is 0 Å². The van der Waals surface area contributed by atoms with Gasteiger partial charge in [-0.15, -0.1) is 0 Å². The molecule has 0 radical (unpaired) electrons. The molecule has 3 unspecified atom stereocenters. The maximum Gasteiger partial charge on any atom is 0.109 e. The Kier molecular flexibility index (Phi) is 3.79. The van der Waals surface area contributed by atoms with Crippen LogP contribution in [0.2, 0.25) is 0 Å². The molecule has 0 spiro atoms. The number of benzene rings is 1. The highest BCUT2D eigenvalue weighted by atomic mass is 15.1. The van der Waals surface area contributed by atoms with E-state index in [0.29, 0.717) is 6.04 Å². The third-order valence-corrected chi connectivity index (χ3v) is 5.02. The van der Waals surface area contributed by atoms with Gasteiger partial charge < -0.3 is 9.88 Å². The van der Waals surface area contributed by atoms with Crippen molar-refractivity contribution in [1.29, 1.82) is 0 Å². The zero-order valence-corrected chi connectivity index (χ0v) is 12.8. The Bertz CT molecular complexity index is 587. The molecule has 3 heteroatoms. The molecule has 1 saturated carbocycles. The average Bonchev–Trinajstić information content (AvgIpc) is 2.95. The van der Waals surface area contributed by atoms with E-state index in [1.807, 2.05) is 0 Å². The smallest absolute Gasteiger partial charge is 0.109 e. The van der Waals surface area contributed by atoms with Gasteiger partial charge in [0.05, 0.1) is 11.0 Å². The summed E-state index contributed by atoms with van der Waals surface area (Å²) < 4.78 is 2.27. The molecule has 1 aliphatic rings. The predicted molar refractivity (Wildman–Crippen MR) is 83.8 cm³/mol. The number of nitrogens with one attached hydrogen (secondary N) is 1. The minimum atomic E-state index is 0.694. The van der Waals surface area contributed by atoms with E-state index in [0.717, 1.165) is 30.3 Å². The third kappa shape index (κ3) is 2.35. The van der Waals surface area contributed by atoms with Crippen LogP contribution in [0.1, 0.15) is 32.5 Å². The van der Waals surface area contributed by atoms with E-state index in [1.54, 1.807) is 0 Å². The highest BCUT2D eigenvalue weighted by molar-refractivity contribution is 5.75. The fourth-order valence-electron chi connectivity index (χ4n) is 3.70. The molecule has 0 saturated heterocycles. The second kappa shape index (κ2) is 5.57. The molecule has 3 rings (SSSR count). The Balaban J connectivity index is 1.78. The molecule has 20 heavy (non-hydrogen) atoms. The number of fused-ring (bicyclic) bond motifs is 1. The van der Waals surface area contributed by atoms with Crippen molar-refractivity contribution in [2.75, 3.05) is 6.54 Å².